The standard InChI is InChI=1S/C23H19F2N3OS/c1-14-2-3-16-10-18(25)8-9-21(16)28(14)22(29)11-19-13-30-23-26-20(12-27(19)23)15-4-6-17(24)7-5-15/h4-10,12-14H,2-3,11H2,1H3. The van der Waals surface area contributed by atoms with Crippen LogP contribution in [0.1, 0.15) is 24.6 Å². The molecule has 0 saturated heterocycles. The number of carbonyl (C=O) groups is 1. The van der Waals surface area contributed by atoms with Crippen LogP contribution in [0, 0.1) is 11.6 Å². The Kier molecular flexibility index (Phi) is 4.62. The van der Waals surface area contributed by atoms with Gasteiger partial charge in [0.25, 0.3) is 0 Å². The summed E-state index contributed by atoms with van der Waals surface area (Å²) in [6.45, 7) is 2.03. The van der Waals surface area contributed by atoms with Crippen LogP contribution in [0.4, 0.5) is 14.5 Å². The molecule has 30 heavy (non-hydrogen) atoms. The van der Waals surface area contributed by atoms with Crippen molar-refractivity contribution in [2.75, 3.05) is 4.90 Å². The van der Waals surface area contributed by atoms with E-state index in [-0.39, 0.29) is 30.0 Å². The van der Waals surface area contributed by atoms with Crippen molar-refractivity contribution in [1.82, 2.24) is 9.38 Å². The van der Waals surface area contributed by atoms with E-state index in [2.05, 4.69) is 4.98 Å². The second-order valence-corrected chi connectivity index (χ2v) is 8.45. The number of halogens is 2. The molecule has 0 saturated carbocycles. The molecule has 0 fully saturated rings. The van der Waals surface area contributed by atoms with Crippen LogP contribution >= 0.6 is 11.3 Å². The highest BCUT2D eigenvalue weighted by molar-refractivity contribution is 7.15. The number of aromatic nitrogens is 2. The van der Waals surface area contributed by atoms with Gasteiger partial charge in [0, 0.05) is 34.6 Å². The summed E-state index contributed by atoms with van der Waals surface area (Å²) < 4.78 is 28.8. The number of carbonyl (C=O) groups excluding carboxylic acids is 1. The zero-order chi connectivity index (χ0) is 20.8. The zero-order valence-corrected chi connectivity index (χ0v) is 17.1. The summed E-state index contributed by atoms with van der Waals surface area (Å²) in [5.74, 6) is -0.587. The van der Waals surface area contributed by atoms with Crippen molar-refractivity contribution >= 4 is 27.9 Å². The molecular weight excluding hydrogens is 404 g/mol. The molecule has 1 unspecified atom stereocenters. The highest BCUT2D eigenvalue weighted by atomic mass is 32.1. The monoisotopic (exact) mass is 423 g/mol. The van der Waals surface area contributed by atoms with Crippen LogP contribution in [0.3, 0.4) is 0 Å². The number of hydrogen-bond acceptors (Lipinski definition) is 3. The van der Waals surface area contributed by atoms with Gasteiger partial charge in [0.1, 0.15) is 11.6 Å². The number of aryl methyl sites for hydroxylation is 1. The summed E-state index contributed by atoms with van der Waals surface area (Å²) in [5.41, 5.74) is 4.08. The summed E-state index contributed by atoms with van der Waals surface area (Å²) >= 11 is 1.47. The number of anilines is 1. The molecule has 1 amide bonds. The van der Waals surface area contributed by atoms with Gasteiger partial charge in [0.2, 0.25) is 5.91 Å². The van der Waals surface area contributed by atoms with Gasteiger partial charge >= 0.3 is 0 Å². The zero-order valence-electron chi connectivity index (χ0n) is 16.3. The minimum absolute atomic E-state index is 0.0215. The molecule has 0 spiro atoms. The van der Waals surface area contributed by atoms with Gasteiger partial charge < -0.3 is 4.90 Å². The Morgan fingerprint density at radius 1 is 1.17 bits per heavy atom. The van der Waals surface area contributed by atoms with Gasteiger partial charge in [-0.3, -0.25) is 9.20 Å². The number of amides is 1. The van der Waals surface area contributed by atoms with Gasteiger partial charge in [-0.1, -0.05) is 0 Å². The van der Waals surface area contributed by atoms with Crippen molar-refractivity contribution in [3.8, 4) is 11.3 Å². The third kappa shape index (κ3) is 3.29. The van der Waals surface area contributed by atoms with Gasteiger partial charge in [-0.15, -0.1) is 11.3 Å². The van der Waals surface area contributed by atoms with Crippen LogP contribution in [0.5, 0.6) is 0 Å². The summed E-state index contributed by atoms with van der Waals surface area (Å²) in [7, 11) is 0. The largest absolute Gasteiger partial charge is 0.309 e. The first kappa shape index (κ1) is 18.9. The summed E-state index contributed by atoms with van der Waals surface area (Å²) in [5, 5.41) is 1.94. The number of benzene rings is 2. The molecule has 3 heterocycles. The van der Waals surface area contributed by atoms with E-state index in [0.717, 1.165) is 46.0 Å². The van der Waals surface area contributed by atoms with E-state index in [1.165, 1.54) is 35.6 Å². The lowest BCUT2D eigenvalue weighted by Crippen LogP contribution is -2.43. The van der Waals surface area contributed by atoms with E-state index >= 15 is 0 Å². The fourth-order valence-corrected chi connectivity index (χ4v) is 4.93. The normalized spacial score (nSPS) is 16.1. The van der Waals surface area contributed by atoms with E-state index in [1.807, 2.05) is 22.9 Å². The molecule has 152 valence electrons. The van der Waals surface area contributed by atoms with Gasteiger partial charge in [-0.05, 0) is 67.8 Å². The minimum atomic E-state index is -0.290. The minimum Gasteiger partial charge on any atom is -0.309 e. The third-order valence-electron chi connectivity index (χ3n) is 5.60. The summed E-state index contributed by atoms with van der Waals surface area (Å²) in [6, 6.07) is 10.9. The number of imidazole rings is 1. The fourth-order valence-electron chi connectivity index (χ4n) is 4.06. The van der Waals surface area contributed by atoms with E-state index < -0.39 is 0 Å². The van der Waals surface area contributed by atoms with Crippen LogP contribution in [-0.4, -0.2) is 21.3 Å². The first-order valence-corrected chi connectivity index (χ1v) is 10.7. The number of nitrogens with zero attached hydrogens (tertiary/aromatic N) is 3. The molecule has 5 rings (SSSR count). The number of fused-ring (bicyclic) bond motifs is 2. The van der Waals surface area contributed by atoms with E-state index in [0.29, 0.717) is 0 Å². The molecule has 1 aliphatic rings. The second kappa shape index (κ2) is 7.32. The number of rotatable bonds is 3. The van der Waals surface area contributed by atoms with Crippen LogP contribution in [0.25, 0.3) is 16.2 Å². The lowest BCUT2D eigenvalue weighted by molar-refractivity contribution is -0.118. The van der Waals surface area contributed by atoms with Gasteiger partial charge in [-0.25, -0.2) is 13.8 Å². The Morgan fingerprint density at radius 3 is 2.73 bits per heavy atom. The Balaban J connectivity index is 1.44. The maximum absolute atomic E-state index is 13.6. The van der Waals surface area contributed by atoms with Crippen LogP contribution in [-0.2, 0) is 17.6 Å². The third-order valence-corrected chi connectivity index (χ3v) is 6.49. The summed E-state index contributed by atoms with van der Waals surface area (Å²) in [4.78, 5) is 20.4. The maximum Gasteiger partial charge on any atom is 0.233 e. The van der Waals surface area contributed by atoms with Crippen molar-refractivity contribution in [3.63, 3.8) is 0 Å². The predicted molar refractivity (Wildman–Crippen MR) is 114 cm³/mol. The molecule has 0 aliphatic carbocycles. The van der Waals surface area contributed by atoms with Crippen molar-refractivity contribution < 1.29 is 13.6 Å². The summed E-state index contributed by atoms with van der Waals surface area (Å²) in [6.07, 6.45) is 3.68. The SMILES string of the molecule is CC1CCc2cc(F)ccc2N1C(=O)Cc1csc2nc(-c3ccc(F)cc3)cn12. The number of hydrogen-bond donors (Lipinski definition) is 0. The Morgan fingerprint density at radius 2 is 1.93 bits per heavy atom. The molecule has 4 nitrogen and oxygen atoms in total. The molecule has 2 aromatic carbocycles. The highest BCUT2D eigenvalue weighted by Crippen LogP contribution is 2.32. The smallest absolute Gasteiger partial charge is 0.233 e. The molecule has 0 radical (unpaired) electrons. The highest BCUT2D eigenvalue weighted by Gasteiger charge is 2.29. The van der Waals surface area contributed by atoms with Crippen LogP contribution < -0.4 is 4.90 Å². The molecule has 4 aromatic rings. The Hall–Kier alpha value is -3.06. The van der Waals surface area contributed by atoms with Gasteiger partial charge in [0.05, 0.1) is 12.1 Å². The first-order chi connectivity index (χ1) is 14.5. The van der Waals surface area contributed by atoms with Crippen molar-refractivity contribution in [2.45, 2.75) is 32.2 Å². The lowest BCUT2D eigenvalue weighted by Gasteiger charge is -2.35. The average molecular weight is 423 g/mol. The molecule has 2 aromatic heterocycles. The van der Waals surface area contributed by atoms with Crippen molar-refractivity contribution in [3.05, 3.63) is 76.9 Å². The quantitative estimate of drug-likeness (QED) is 0.451. The Labute approximate surface area is 176 Å². The van der Waals surface area contributed by atoms with Crippen LogP contribution in [0.15, 0.2) is 54.0 Å². The maximum atomic E-state index is 13.6. The topological polar surface area (TPSA) is 37.6 Å². The molecule has 0 N–H and O–H groups in total. The number of thiazole rings is 1. The average Bonchev–Trinajstić information content (AvgIpc) is 3.30. The van der Waals surface area contributed by atoms with E-state index in [4.69, 9.17) is 0 Å². The van der Waals surface area contributed by atoms with Gasteiger partial charge in [-0.2, -0.15) is 0 Å². The van der Waals surface area contributed by atoms with Crippen LogP contribution in [0.2, 0.25) is 0 Å². The van der Waals surface area contributed by atoms with E-state index in [9.17, 15) is 13.6 Å². The lowest BCUT2D eigenvalue weighted by atomic mass is 9.96. The molecular formula is C23H19F2N3OS. The molecule has 1 atom stereocenters. The predicted octanol–water partition coefficient (Wildman–Crippen LogP) is 5.25. The van der Waals surface area contributed by atoms with Crippen molar-refractivity contribution in [2.24, 2.45) is 0 Å². The van der Waals surface area contributed by atoms with Crippen molar-refractivity contribution in [1.29, 1.82) is 0 Å². The molecule has 0 bridgehead atoms. The van der Waals surface area contributed by atoms with Gasteiger partial charge in [0.15, 0.2) is 4.96 Å². The molecule has 1 aliphatic heterocycles. The van der Waals surface area contributed by atoms with E-state index in [1.54, 1.807) is 23.1 Å². The first-order valence-electron chi connectivity index (χ1n) is 9.81. The Bertz CT molecular complexity index is 1250. The second-order valence-electron chi connectivity index (χ2n) is 7.61. The fraction of sp³-hybridized carbons (Fsp3) is 0.217. The molecule has 7 heteroatoms.